The van der Waals surface area contributed by atoms with Gasteiger partial charge < -0.3 is 33.8 Å². The number of ether oxygens (including phenoxy) is 4. The monoisotopic (exact) mass is 1490 g/mol. The van der Waals surface area contributed by atoms with Crippen molar-refractivity contribution in [1.29, 1.82) is 0 Å². The Hall–Kier alpha value is -1.94. The second-order valence-corrected chi connectivity index (χ2v) is 34.2. The molecule has 102 heavy (non-hydrogen) atoms. The fourth-order valence-corrected chi connectivity index (χ4v) is 14.4. The van der Waals surface area contributed by atoms with Crippen LogP contribution in [0.2, 0.25) is 0 Å². The summed E-state index contributed by atoms with van der Waals surface area (Å²) in [6.45, 7) is 12.0. The predicted molar refractivity (Wildman–Crippen MR) is 418 cm³/mol. The lowest BCUT2D eigenvalue weighted by molar-refractivity contribution is -0.161. The topological polar surface area (TPSA) is 237 Å². The molecule has 0 heterocycles. The third-order valence-electron chi connectivity index (χ3n) is 19.4. The first-order chi connectivity index (χ1) is 49.2. The number of aliphatic hydroxyl groups is 1. The molecular weight excluding hydrogens is 1330 g/mol. The molecule has 0 bridgehead atoms. The van der Waals surface area contributed by atoms with Gasteiger partial charge in [0.2, 0.25) is 0 Å². The van der Waals surface area contributed by atoms with Crippen LogP contribution in [-0.4, -0.2) is 96.7 Å². The molecule has 0 saturated heterocycles. The molecule has 0 aliphatic heterocycles. The summed E-state index contributed by atoms with van der Waals surface area (Å²) in [5.41, 5.74) is 0. The fraction of sp³-hybridized carbons (Fsp3) is 0.952. The first-order valence-corrected chi connectivity index (χ1v) is 45.8. The number of aliphatic hydroxyl groups excluding tert-OH is 1. The molecule has 0 spiro atoms. The summed E-state index contributed by atoms with van der Waals surface area (Å²) < 4.78 is 68.8. The summed E-state index contributed by atoms with van der Waals surface area (Å²) in [6, 6.07) is 0. The van der Waals surface area contributed by atoms with Gasteiger partial charge in [-0.05, 0) is 43.4 Å². The maximum absolute atomic E-state index is 13.1. The highest BCUT2D eigenvalue weighted by atomic mass is 31.2. The Bertz CT molecular complexity index is 1970. The zero-order valence-electron chi connectivity index (χ0n) is 67.1. The van der Waals surface area contributed by atoms with E-state index in [2.05, 4.69) is 48.5 Å². The van der Waals surface area contributed by atoms with E-state index in [1.807, 2.05) is 0 Å². The average molecular weight is 1490 g/mol. The van der Waals surface area contributed by atoms with Gasteiger partial charge in [-0.15, -0.1) is 0 Å². The van der Waals surface area contributed by atoms with Gasteiger partial charge in [-0.2, -0.15) is 0 Å². The molecule has 0 aromatic rings. The molecule has 0 fully saturated rings. The van der Waals surface area contributed by atoms with Crippen LogP contribution in [0.5, 0.6) is 0 Å². The summed E-state index contributed by atoms with van der Waals surface area (Å²) >= 11 is 0. The lowest BCUT2D eigenvalue weighted by Gasteiger charge is -2.21. The normalized spacial score (nSPS) is 13.9. The predicted octanol–water partition coefficient (Wildman–Crippen LogP) is 24.9. The van der Waals surface area contributed by atoms with Gasteiger partial charge in [0.15, 0.2) is 12.2 Å². The highest BCUT2D eigenvalue weighted by Crippen LogP contribution is 2.45. The van der Waals surface area contributed by atoms with Crippen LogP contribution < -0.4 is 0 Å². The van der Waals surface area contributed by atoms with E-state index in [9.17, 15) is 43.2 Å². The molecule has 0 aliphatic rings. The van der Waals surface area contributed by atoms with Gasteiger partial charge in [-0.25, -0.2) is 9.13 Å². The standard InChI is InChI=1S/C83H162O17P2/c1-8-9-10-11-12-13-14-15-25-31-36-45-52-59-66-82(87)100-79(71-94-81(86)65-58-51-44-39-38-42-49-56-63-76(6)7)73-98-102(91,92)96-69-77(84)68-95-101(89,90)97-72-78(70-93-80(85)64-57-50-43-35-30-27-22-24-29-34-41-48-55-62-75(4)5)99-83(88)67-60-53-46-37-32-26-21-19-17-16-18-20-23-28-33-40-47-54-61-74(2)3/h74-79,84H,8-73H2,1-7H3,(H,89,90)(H,91,92)/t77-,78-,79-/m1/s1. The van der Waals surface area contributed by atoms with Crippen molar-refractivity contribution in [2.24, 2.45) is 17.8 Å². The van der Waals surface area contributed by atoms with Crippen molar-refractivity contribution < 1.29 is 80.2 Å². The molecule has 0 amide bonds. The quantitative estimate of drug-likeness (QED) is 0.0222. The number of carbonyl (C=O) groups excluding carboxylic acids is 4. The van der Waals surface area contributed by atoms with E-state index in [4.69, 9.17) is 37.0 Å². The van der Waals surface area contributed by atoms with Gasteiger partial charge in [0.05, 0.1) is 26.4 Å². The van der Waals surface area contributed by atoms with Gasteiger partial charge in [0.25, 0.3) is 0 Å². The van der Waals surface area contributed by atoms with Gasteiger partial charge >= 0.3 is 39.5 Å². The SMILES string of the molecule is CCCCCCCCCCCCCCCCC(=O)O[C@H](COC(=O)CCCCCCCCCCC(C)C)COP(=O)(O)OC[C@H](O)COP(=O)(O)OC[C@@H](COC(=O)CCCCCCCCCCCCCCCC(C)C)OC(=O)CCCCCCCCCCCCCCCCCCCCC(C)C. The number of unbranched alkanes of at least 4 members (excludes halogenated alkanes) is 49. The van der Waals surface area contributed by atoms with Crippen LogP contribution in [0.4, 0.5) is 0 Å². The number of phosphoric ester groups is 2. The van der Waals surface area contributed by atoms with Crippen LogP contribution >= 0.6 is 15.6 Å². The molecule has 3 N–H and O–H groups in total. The summed E-state index contributed by atoms with van der Waals surface area (Å²) in [4.78, 5) is 73.1. The molecule has 606 valence electrons. The average Bonchev–Trinajstić information content (AvgIpc) is 0.946. The van der Waals surface area contributed by atoms with E-state index >= 15 is 0 Å². The third kappa shape index (κ3) is 76.3. The minimum absolute atomic E-state index is 0.107. The van der Waals surface area contributed by atoms with Crippen molar-refractivity contribution in [3.8, 4) is 0 Å². The zero-order chi connectivity index (χ0) is 75.1. The number of rotatable bonds is 81. The Labute approximate surface area is 626 Å². The Morgan fingerprint density at radius 3 is 0.667 bits per heavy atom. The van der Waals surface area contributed by atoms with E-state index in [0.29, 0.717) is 25.7 Å². The molecule has 0 radical (unpaired) electrons. The zero-order valence-corrected chi connectivity index (χ0v) is 68.9. The largest absolute Gasteiger partial charge is 0.472 e. The molecule has 2 unspecified atom stereocenters. The van der Waals surface area contributed by atoms with Crippen molar-refractivity contribution in [3.63, 3.8) is 0 Å². The molecule has 19 heteroatoms. The summed E-state index contributed by atoms with van der Waals surface area (Å²) in [5, 5.41) is 10.7. The highest BCUT2D eigenvalue weighted by Gasteiger charge is 2.30. The molecule has 5 atom stereocenters. The Morgan fingerprint density at radius 1 is 0.265 bits per heavy atom. The van der Waals surface area contributed by atoms with Crippen LogP contribution in [0.15, 0.2) is 0 Å². The summed E-state index contributed by atoms with van der Waals surface area (Å²) in [6.07, 6.45) is 62.5. The number of hydrogen-bond donors (Lipinski definition) is 3. The maximum Gasteiger partial charge on any atom is 0.472 e. The first-order valence-electron chi connectivity index (χ1n) is 42.8. The van der Waals surface area contributed by atoms with Crippen molar-refractivity contribution in [2.45, 2.75) is 452 Å². The summed E-state index contributed by atoms with van der Waals surface area (Å²) in [7, 11) is -9.92. The Morgan fingerprint density at radius 2 is 0.451 bits per heavy atom. The minimum Gasteiger partial charge on any atom is -0.462 e. The second kappa shape index (κ2) is 73.2. The highest BCUT2D eigenvalue weighted by molar-refractivity contribution is 7.47. The number of esters is 4. The van der Waals surface area contributed by atoms with Gasteiger partial charge in [-0.1, -0.05) is 382 Å². The van der Waals surface area contributed by atoms with Crippen LogP contribution in [0.25, 0.3) is 0 Å². The van der Waals surface area contributed by atoms with E-state index in [-0.39, 0.29) is 25.7 Å². The molecule has 0 aliphatic carbocycles. The van der Waals surface area contributed by atoms with E-state index in [1.54, 1.807) is 0 Å². The number of carbonyl (C=O) groups is 4. The van der Waals surface area contributed by atoms with Crippen LogP contribution in [0.3, 0.4) is 0 Å². The minimum atomic E-state index is -4.96. The molecule has 0 aromatic carbocycles. The second-order valence-electron chi connectivity index (χ2n) is 31.3. The van der Waals surface area contributed by atoms with Crippen molar-refractivity contribution in [3.05, 3.63) is 0 Å². The molecular formula is C83H162O17P2. The van der Waals surface area contributed by atoms with Crippen molar-refractivity contribution in [2.75, 3.05) is 39.6 Å². The number of phosphoric acid groups is 2. The molecule has 0 saturated carbocycles. The summed E-state index contributed by atoms with van der Waals surface area (Å²) in [5.74, 6) is 0.230. The van der Waals surface area contributed by atoms with Gasteiger partial charge in [0.1, 0.15) is 19.3 Å². The fourth-order valence-electron chi connectivity index (χ4n) is 12.8. The Balaban J connectivity index is 5.24. The van der Waals surface area contributed by atoms with Crippen molar-refractivity contribution in [1.82, 2.24) is 0 Å². The molecule has 0 rings (SSSR count). The van der Waals surface area contributed by atoms with Gasteiger partial charge in [-0.3, -0.25) is 37.3 Å². The van der Waals surface area contributed by atoms with E-state index in [0.717, 1.165) is 108 Å². The maximum atomic E-state index is 13.1. The molecule has 0 aromatic heterocycles. The van der Waals surface area contributed by atoms with Crippen LogP contribution in [0.1, 0.15) is 434 Å². The van der Waals surface area contributed by atoms with E-state index in [1.165, 1.54) is 244 Å². The Kier molecular flexibility index (Phi) is 71.8. The van der Waals surface area contributed by atoms with Gasteiger partial charge in [0, 0.05) is 25.7 Å². The third-order valence-corrected chi connectivity index (χ3v) is 21.3. The number of hydrogen-bond acceptors (Lipinski definition) is 15. The van der Waals surface area contributed by atoms with Crippen molar-refractivity contribution >= 4 is 39.5 Å². The lowest BCUT2D eigenvalue weighted by Crippen LogP contribution is -2.30. The van der Waals surface area contributed by atoms with E-state index < -0.39 is 97.5 Å². The first kappa shape index (κ1) is 100. The smallest absolute Gasteiger partial charge is 0.462 e. The lowest BCUT2D eigenvalue weighted by atomic mass is 10.0. The van der Waals surface area contributed by atoms with Crippen LogP contribution in [0, 0.1) is 17.8 Å². The molecule has 17 nitrogen and oxygen atoms in total. The van der Waals surface area contributed by atoms with Crippen LogP contribution in [-0.2, 0) is 65.4 Å².